The minimum absolute atomic E-state index is 0. The van der Waals surface area contributed by atoms with E-state index < -0.39 is 101 Å². The van der Waals surface area contributed by atoms with Crippen LogP contribution in [0.15, 0.2) is 176 Å². The van der Waals surface area contributed by atoms with E-state index in [1.807, 2.05) is 0 Å². The summed E-state index contributed by atoms with van der Waals surface area (Å²) in [6.07, 6.45) is 4.56. The number of aliphatic carboxylic acids is 2. The Balaban J connectivity index is 0.000000618. The Hall–Kier alpha value is -8.28. The number of hydrogen-bond acceptors (Lipinski definition) is 14. The maximum atomic E-state index is 14.0. The Bertz CT molecular complexity index is 3140. The second-order valence-corrected chi connectivity index (χ2v) is 23.7. The van der Waals surface area contributed by atoms with Gasteiger partial charge in [0, 0.05) is 65.7 Å². The number of rotatable bonds is 23. The largest absolute Gasteiger partial charge is 0.481 e. The Morgan fingerprint density at radius 2 is 0.925 bits per heavy atom. The molecule has 0 aromatic heterocycles. The normalized spacial score (nSPS) is 12.5. The maximum absolute atomic E-state index is 14.0. The van der Waals surface area contributed by atoms with Gasteiger partial charge in [0.2, 0.25) is 23.4 Å². The Labute approximate surface area is 555 Å². The number of esters is 4. The summed E-state index contributed by atoms with van der Waals surface area (Å²) in [7, 11) is -0.696. The fourth-order valence-corrected chi connectivity index (χ4v) is 13.5. The molecule has 6 aromatic rings. The zero-order chi connectivity index (χ0) is 68.8. The van der Waals surface area contributed by atoms with Crippen molar-refractivity contribution in [1.82, 2.24) is 10.6 Å². The summed E-state index contributed by atoms with van der Waals surface area (Å²) in [5.74, 6) is -10.7. The zero-order valence-electron chi connectivity index (χ0n) is 52.7. The molecule has 1 unspecified atom stereocenters. The van der Waals surface area contributed by atoms with Gasteiger partial charge in [-0.1, -0.05) is 164 Å². The van der Waals surface area contributed by atoms with Gasteiger partial charge in [0.15, 0.2) is 23.3 Å². The van der Waals surface area contributed by atoms with E-state index >= 15 is 0 Å². The number of amides is 2. The molecule has 504 valence electrons. The zero-order valence-corrected chi connectivity index (χ0v) is 56.0. The summed E-state index contributed by atoms with van der Waals surface area (Å²) in [4.78, 5) is 87.9. The van der Waals surface area contributed by atoms with E-state index in [4.69, 9.17) is 34.0 Å². The monoisotopic (exact) mass is 1420 g/mol. The van der Waals surface area contributed by atoms with Crippen molar-refractivity contribution in [3.05, 3.63) is 211 Å². The summed E-state index contributed by atoms with van der Waals surface area (Å²) >= 11 is 0. The molecule has 1 saturated heterocycles. The van der Waals surface area contributed by atoms with Crippen LogP contribution in [0.2, 0.25) is 0 Å². The molecule has 0 aliphatic carbocycles. The van der Waals surface area contributed by atoms with Crippen molar-refractivity contribution in [2.24, 2.45) is 0 Å². The second kappa shape index (κ2) is 44.3. The van der Waals surface area contributed by atoms with Crippen LogP contribution in [0.4, 0.5) is 17.6 Å². The van der Waals surface area contributed by atoms with Gasteiger partial charge in [-0.05, 0) is 94.8 Å². The molecule has 5 N–H and O–H groups in total. The van der Waals surface area contributed by atoms with Gasteiger partial charge in [0.05, 0.1) is 39.6 Å². The number of ether oxygens (including phenoxy) is 5. The number of nitrogens with one attached hydrogen (secondary N) is 2. The van der Waals surface area contributed by atoms with E-state index in [1.54, 1.807) is 13.8 Å². The first-order valence-electron chi connectivity index (χ1n) is 28.7. The summed E-state index contributed by atoms with van der Waals surface area (Å²) in [5.41, 5.74) is -3.12. The molecular weight excluding hydrogens is 1350 g/mol. The fraction of sp³-hybridized carbons (Fsp3) is 0.294. The maximum Gasteiger partial charge on any atom is 0.344 e. The molecular formula is C68H78F4N2O16P2Pd. The molecule has 1 heterocycles. The van der Waals surface area contributed by atoms with Crippen LogP contribution in [0.5, 0.6) is 0 Å². The van der Waals surface area contributed by atoms with Gasteiger partial charge < -0.3 is 49.6 Å². The predicted octanol–water partition coefficient (Wildman–Crippen LogP) is 9.16. The number of epoxide rings is 1. The predicted molar refractivity (Wildman–Crippen MR) is 345 cm³/mol. The van der Waals surface area contributed by atoms with Crippen molar-refractivity contribution in [1.29, 1.82) is 0 Å². The first-order valence-corrected chi connectivity index (χ1v) is 31.7. The minimum atomic E-state index is -2.23. The average Bonchev–Trinajstić information content (AvgIpc) is 1.64. The van der Waals surface area contributed by atoms with Crippen LogP contribution in [-0.4, -0.2) is 126 Å². The summed E-state index contributed by atoms with van der Waals surface area (Å²) in [5, 5.41) is 34.7. The van der Waals surface area contributed by atoms with Gasteiger partial charge in [0.25, 0.3) is 11.9 Å². The van der Waals surface area contributed by atoms with Gasteiger partial charge in [-0.2, -0.15) is 0 Å². The van der Waals surface area contributed by atoms with Crippen LogP contribution >= 0.6 is 15.8 Å². The third-order valence-electron chi connectivity index (χ3n) is 12.2. The van der Waals surface area contributed by atoms with Crippen molar-refractivity contribution in [3.8, 4) is 0 Å². The molecule has 0 saturated carbocycles. The molecule has 0 radical (unpaired) electrons. The van der Waals surface area contributed by atoms with E-state index in [2.05, 4.69) is 148 Å². The van der Waals surface area contributed by atoms with Gasteiger partial charge >= 0.3 is 23.9 Å². The van der Waals surface area contributed by atoms with Crippen LogP contribution in [0, 0.1) is 23.3 Å². The van der Waals surface area contributed by atoms with Crippen LogP contribution in [-0.2, 0) is 88.1 Å². The Morgan fingerprint density at radius 3 is 1.24 bits per heavy atom. The Kier molecular flexibility index (Phi) is 39.4. The first-order chi connectivity index (χ1) is 43.8. The van der Waals surface area contributed by atoms with Crippen LogP contribution in [0.25, 0.3) is 5.57 Å². The van der Waals surface area contributed by atoms with Gasteiger partial charge in [0.1, 0.15) is 5.60 Å². The third-order valence-corrected chi connectivity index (χ3v) is 17.5. The van der Waals surface area contributed by atoms with Gasteiger partial charge in [-0.25, -0.2) is 36.7 Å². The van der Waals surface area contributed by atoms with Crippen LogP contribution in [0.3, 0.4) is 0 Å². The molecule has 93 heavy (non-hydrogen) atoms. The third kappa shape index (κ3) is 28.6. The number of aliphatic hydroxyl groups is 1. The second-order valence-electron chi connectivity index (χ2n) is 19.0. The molecule has 0 spiro atoms. The van der Waals surface area contributed by atoms with Crippen molar-refractivity contribution in [3.63, 3.8) is 0 Å². The van der Waals surface area contributed by atoms with Crippen molar-refractivity contribution < 1.29 is 115 Å². The molecule has 1 fully saturated rings. The van der Waals surface area contributed by atoms with Gasteiger partial charge in [-0.15, -0.1) is 0 Å². The quantitative estimate of drug-likeness (QED) is 0.00585. The number of carbonyl (C=O) groups excluding carboxylic acids is 6. The molecule has 18 nitrogen and oxygen atoms in total. The molecule has 0 bridgehead atoms. The minimum Gasteiger partial charge on any atom is -0.481 e. The van der Waals surface area contributed by atoms with Crippen molar-refractivity contribution >= 4 is 90.3 Å². The summed E-state index contributed by atoms with van der Waals surface area (Å²) in [6.45, 7) is 14.0. The first kappa shape index (κ1) is 82.7. The SMILES string of the molecule is C=CC1(c2cccc(F)c2F)CO1.CC(=O)O.CC(=O)O.CCOC(=O)C(C/C=C(\CO)c1cccc(F)c1F)(NC(C)=O)C(=O)OCC.CCOC(=O)C(NC(C)=O)C(=O)OCC.[Pd].c1ccc(P(CCP(c2ccccc2)c2ccccc2)c2ccccc2)cc1. The number of hydrogen-bond donors (Lipinski definition) is 5. The average molecular weight is 1420 g/mol. The number of benzene rings is 6. The molecule has 1 aliphatic rings. The fourth-order valence-electron chi connectivity index (χ4n) is 8.11. The van der Waals surface area contributed by atoms with E-state index in [0.29, 0.717) is 6.61 Å². The number of carboxylic acids is 2. The Morgan fingerprint density at radius 1 is 0.570 bits per heavy atom. The van der Waals surface area contributed by atoms with Crippen LogP contribution < -0.4 is 31.9 Å². The number of carboxylic acid groups (broad SMARTS) is 2. The number of carbonyl (C=O) groups is 8. The van der Waals surface area contributed by atoms with E-state index in [-0.39, 0.29) is 79.4 Å². The van der Waals surface area contributed by atoms with Crippen molar-refractivity contribution in [2.75, 3.05) is 52.0 Å². The standard InChI is InChI=1S/C26H24P2.C19H23F2NO6.C10H8F2O.C9H15NO5.2C2H4O2.Pd/c1-5-13-23(14-6-1)27(24-15-7-2-8-16-24)21-22-28(25-17-9-3-10-18-25)26-19-11-4-12-20-26;1-4-27-17(25)19(22-12(3)24,18(26)28-5-2)10-9-13(11-23)14-7-6-8-15(20)16(14)21;1-2-10(6-13-10)7-4-3-5-8(11)9(7)12;1-4-14-8(12)7(10-6(3)11)9(13)15-5-2;2*1-2(3)4;/h1-20H,21-22H2;6-9,23H,4-5,10-11H2,1-3H3,(H,22,24);2-5H,1,6H2;7H,4-5H2,1-3H3,(H,10,11);2*1H3,(H,3,4);/b;13-9+;;;;;. The van der Waals surface area contributed by atoms with Crippen molar-refractivity contribution in [2.45, 2.75) is 79.0 Å². The summed E-state index contributed by atoms with van der Waals surface area (Å²) in [6, 6.07) is 50.3. The van der Waals surface area contributed by atoms with E-state index in [9.17, 15) is 51.4 Å². The molecule has 25 heteroatoms. The number of aliphatic hydroxyl groups excluding tert-OH is 1. The van der Waals surface area contributed by atoms with Crippen LogP contribution in [0.1, 0.15) is 72.9 Å². The molecule has 6 aromatic carbocycles. The summed E-state index contributed by atoms with van der Waals surface area (Å²) < 4.78 is 77.7. The molecule has 1 atom stereocenters. The molecule has 1 aliphatic heterocycles. The molecule has 2 amide bonds. The van der Waals surface area contributed by atoms with E-state index in [1.165, 1.54) is 84.7 Å². The molecule has 7 rings (SSSR count). The van der Waals surface area contributed by atoms with E-state index in [0.717, 1.165) is 39.0 Å². The number of halogens is 4. The topological polar surface area (TPSA) is 271 Å². The smallest absolute Gasteiger partial charge is 0.344 e. The van der Waals surface area contributed by atoms with Gasteiger partial charge in [-0.3, -0.25) is 19.2 Å².